The van der Waals surface area contributed by atoms with Crippen LogP contribution >= 0.6 is 0 Å². The van der Waals surface area contributed by atoms with E-state index in [-0.39, 0.29) is 12.0 Å². The minimum Gasteiger partial charge on any atom is -0.444 e. The van der Waals surface area contributed by atoms with Gasteiger partial charge in [-0.1, -0.05) is 19.3 Å². The van der Waals surface area contributed by atoms with Crippen LogP contribution in [0.4, 0.5) is 4.79 Å². The summed E-state index contributed by atoms with van der Waals surface area (Å²) in [5, 5.41) is 8.98. The zero-order valence-corrected chi connectivity index (χ0v) is 13.3. The molecule has 0 radical (unpaired) electrons. The predicted octanol–water partition coefficient (Wildman–Crippen LogP) is 3.96. The average Bonchev–Trinajstić information content (AvgIpc) is 2.37. The van der Waals surface area contributed by atoms with Gasteiger partial charge < -0.3 is 9.64 Å². The largest absolute Gasteiger partial charge is 0.444 e. The van der Waals surface area contributed by atoms with Crippen molar-refractivity contribution >= 4 is 6.09 Å². The summed E-state index contributed by atoms with van der Waals surface area (Å²) in [6.07, 6.45) is 5.88. The topological polar surface area (TPSA) is 53.3 Å². The number of carbonyl (C=O) groups is 1. The third kappa shape index (κ3) is 6.27. The molecule has 1 rings (SSSR count). The summed E-state index contributed by atoms with van der Waals surface area (Å²) >= 11 is 0. The lowest BCUT2D eigenvalue weighted by Gasteiger charge is -2.32. The van der Waals surface area contributed by atoms with Crippen molar-refractivity contribution in [2.24, 2.45) is 11.8 Å². The smallest absolute Gasteiger partial charge is 0.410 e. The minimum atomic E-state index is -0.488. The maximum atomic E-state index is 12.3. The van der Waals surface area contributed by atoms with Crippen LogP contribution in [-0.4, -0.2) is 29.7 Å². The van der Waals surface area contributed by atoms with Crippen LogP contribution in [0.2, 0.25) is 0 Å². The molecule has 4 heteroatoms. The zero-order chi connectivity index (χ0) is 15.2. The molecule has 0 aromatic rings. The Morgan fingerprint density at radius 3 is 2.45 bits per heavy atom. The quantitative estimate of drug-likeness (QED) is 0.783. The molecule has 0 heterocycles. The van der Waals surface area contributed by atoms with Crippen LogP contribution in [0.25, 0.3) is 0 Å². The monoisotopic (exact) mass is 280 g/mol. The van der Waals surface area contributed by atoms with Gasteiger partial charge in [-0.25, -0.2) is 4.79 Å². The SMILES string of the molecule is CC(C#N)CN(CC1CCCCC1)C(=O)OC(C)(C)C. The highest BCUT2D eigenvalue weighted by Gasteiger charge is 2.26. The normalized spacial score (nSPS) is 18.1. The van der Waals surface area contributed by atoms with E-state index >= 15 is 0 Å². The lowest BCUT2D eigenvalue weighted by molar-refractivity contribution is 0.0193. The van der Waals surface area contributed by atoms with Crippen LogP contribution in [0, 0.1) is 23.2 Å². The van der Waals surface area contributed by atoms with Gasteiger partial charge in [-0.2, -0.15) is 5.26 Å². The van der Waals surface area contributed by atoms with E-state index in [0.29, 0.717) is 12.5 Å². The Morgan fingerprint density at radius 2 is 1.95 bits per heavy atom. The molecule has 0 saturated heterocycles. The molecule has 0 aliphatic heterocycles. The Kier molecular flexibility index (Phi) is 6.32. The predicted molar refractivity (Wildman–Crippen MR) is 79.2 cm³/mol. The third-order valence-corrected chi connectivity index (χ3v) is 3.57. The fraction of sp³-hybridized carbons (Fsp3) is 0.875. The van der Waals surface area contributed by atoms with Crippen LogP contribution in [0.3, 0.4) is 0 Å². The fourth-order valence-electron chi connectivity index (χ4n) is 2.60. The molecule has 1 atom stereocenters. The number of hydrogen-bond donors (Lipinski definition) is 0. The highest BCUT2D eigenvalue weighted by Crippen LogP contribution is 2.25. The molecule has 1 aliphatic rings. The van der Waals surface area contributed by atoms with Crippen LogP contribution < -0.4 is 0 Å². The molecule has 1 aliphatic carbocycles. The Balaban J connectivity index is 2.63. The van der Waals surface area contributed by atoms with Gasteiger partial charge >= 0.3 is 6.09 Å². The van der Waals surface area contributed by atoms with Crippen molar-refractivity contribution in [1.29, 1.82) is 5.26 Å². The molecule has 0 bridgehead atoms. The fourth-order valence-corrected chi connectivity index (χ4v) is 2.60. The second-order valence-corrected chi connectivity index (χ2v) is 6.92. The van der Waals surface area contributed by atoms with E-state index in [0.717, 1.165) is 6.54 Å². The molecule has 1 fully saturated rings. The van der Waals surface area contributed by atoms with Crippen molar-refractivity contribution < 1.29 is 9.53 Å². The first-order valence-corrected chi connectivity index (χ1v) is 7.69. The Morgan fingerprint density at radius 1 is 1.35 bits per heavy atom. The molecule has 114 valence electrons. The van der Waals surface area contributed by atoms with Gasteiger partial charge in [-0.15, -0.1) is 0 Å². The van der Waals surface area contributed by atoms with Crippen molar-refractivity contribution in [2.45, 2.75) is 65.4 Å². The maximum Gasteiger partial charge on any atom is 0.410 e. The number of carbonyl (C=O) groups excluding carboxylic acids is 1. The lowest BCUT2D eigenvalue weighted by atomic mass is 9.89. The van der Waals surface area contributed by atoms with Gasteiger partial charge in [0, 0.05) is 13.1 Å². The van der Waals surface area contributed by atoms with Gasteiger partial charge in [0.1, 0.15) is 5.60 Å². The summed E-state index contributed by atoms with van der Waals surface area (Å²) in [7, 11) is 0. The van der Waals surface area contributed by atoms with E-state index in [9.17, 15) is 4.79 Å². The Hall–Kier alpha value is -1.24. The van der Waals surface area contributed by atoms with Crippen LogP contribution in [0.1, 0.15) is 59.8 Å². The summed E-state index contributed by atoms with van der Waals surface area (Å²) in [6.45, 7) is 8.65. The molecule has 0 aromatic heterocycles. The van der Waals surface area contributed by atoms with E-state index in [2.05, 4.69) is 6.07 Å². The maximum absolute atomic E-state index is 12.3. The molecule has 1 amide bonds. The molecule has 20 heavy (non-hydrogen) atoms. The number of hydrogen-bond acceptors (Lipinski definition) is 3. The number of rotatable bonds is 4. The van der Waals surface area contributed by atoms with Gasteiger partial charge in [0.25, 0.3) is 0 Å². The van der Waals surface area contributed by atoms with Crippen molar-refractivity contribution in [3.63, 3.8) is 0 Å². The second-order valence-electron chi connectivity index (χ2n) is 6.92. The number of nitrogens with zero attached hydrogens (tertiary/aromatic N) is 2. The molecular formula is C16H28N2O2. The van der Waals surface area contributed by atoms with Crippen molar-refractivity contribution in [1.82, 2.24) is 4.90 Å². The lowest BCUT2D eigenvalue weighted by Crippen LogP contribution is -2.42. The van der Waals surface area contributed by atoms with Gasteiger partial charge in [0.2, 0.25) is 0 Å². The number of ether oxygens (including phenoxy) is 1. The van der Waals surface area contributed by atoms with E-state index in [1.54, 1.807) is 4.90 Å². The van der Waals surface area contributed by atoms with Crippen LogP contribution in [0.15, 0.2) is 0 Å². The molecule has 1 saturated carbocycles. The highest BCUT2D eigenvalue weighted by molar-refractivity contribution is 5.68. The van der Waals surface area contributed by atoms with Crippen LogP contribution in [-0.2, 0) is 4.74 Å². The third-order valence-electron chi connectivity index (χ3n) is 3.57. The average molecular weight is 280 g/mol. The number of amides is 1. The zero-order valence-electron chi connectivity index (χ0n) is 13.3. The van der Waals surface area contributed by atoms with E-state index in [1.165, 1.54) is 32.1 Å². The van der Waals surface area contributed by atoms with Gasteiger partial charge in [0.15, 0.2) is 0 Å². The van der Waals surface area contributed by atoms with Gasteiger partial charge in [-0.3, -0.25) is 0 Å². The Labute approximate surface area is 123 Å². The first-order valence-electron chi connectivity index (χ1n) is 7.69. The van der Waals surface area contributed by atoms with Gasteiger partial charge in [0.05, 0.1) is 12.0 Å². The van der Waals surface area contributed by atoms with Gasteiger partial charge in [-0.05, 0) is 46.5 Å². The van der Waals surface area contributed by atoms with E-state index in [1.807, 2.05) is 27.7 Å². The van der Waals surface area contributed by atoms with Crippen molar-refractivity contribution in [3.8, 4) is 6.07 Å². The summed E-state index contributed by atoms with van der Waals surface area (Å²) < 4.78 is 5.46. The second kappa shape index (κ2) is 7.52. The first kappa shape index (κ1) is 16.8. The standard InChI is InChI=1S/C16H28N2O2/c1-13(10-17)11-18(15(19)20-16(2,3)4)12-14-8-6-5-7-9-14/h13-14H,5-9,11-12H2,1-4H3. The summed E-state index contributed by atoms with van der Waals surface area (Å²) in [4.78, 5) is 14.0. The minimum absolute atomic E-state index is 0.161. The molecule has 0 N–H and O–H groups in total. The van der Waals surface area contributed by atoms with E-state index in [4.69, 9.17) is 10.00 Å². The highest BCUT2D eigenvalue weighted by atomic mass is 16.6. The first-order chi connectivity index (χ1) is 9.31. The van der Waals surface area contributed by atoms with Crippen LogP contribution in [0.5, 0.6) is 0 Å². The molecule has 0 spiro atoms. The number of nitriles is 1. The Bertz CT molecular complexity index is 348. The van der Waals surface area contributed by atoms with Crippen molar-refractivity contribution in [2.75, 3.05) is 13.1 Å². The van der Waals surface area contributed by atoms with Crippen molar-refractivity contribution in [3.05, 3.63) is 0 Å². The summed E-state index contributed by atoms with van der Waals surface area (Å²) in [6, 6.07) is 2.20. The molecule has 4 nitrogen and oxygen atoms in total. The summed E-state index contributed by atoms with van der Waals surface area (Å²) in [5.74, 6) is 0.397. The van der Waals surface area contributed by atoms with E-state index < -0.39 is 5.60 Å². The molecule has 1 unspecified atom stereocenters. The summed E-state index contributed by atoms with van der Waals surface area (Å²) in [5.41, 5.74) is -0.488. The molecule has 0 aromatic carbocycles. The molecular weight excluding hydrogens is 252 g/mol.